The molecule has 4 nitrogen and oxygen atoms in total. The number of rotatable bonds is 4. The molecule has 0 unspecified atom stereocenters. The van der Waals surface area contributed by atoms with Crippen molar-refractivity contribution in [1.29, 1.82) is 0 Å². The zero-order valence-corrected chi connectivity index (χ0v) is 32.0. The first-order valence-electron chi connectivity index (χ1n) is 19.8. The molecule has 0 N–H and O–H groups in total. The topological polar surface area (TPSA) is 51.8 Å². The third-order valence-electron chi connectivity index (χ3n) is 12.3. The molecule has 0 radical (unpaired) electrons. The Morgan fingerprint density at radius 3 is 1.88 bits per heavy atom. The molecule has 2 aromatic heterocycles. The van der Waals surface area contributed by atoms with E-state index in [1.165, 1.54) is 54.6 Å². The SMILES string of the molecule is CC1(C)c2ccccc2-c2ccc(-c3nc(-c4ccccc4)nc(-c4cccc5oc6ccc(-c7ccc8c(ccc9c%10ccccc%10ccc89)c7)cc6c45)n3)cc21. The molecular formula is C54H35N3O. The summed E-state index contributed by atoms with van der Waals surface area (Å²) in [5.74, 6) is 1.88. The molecule has 1 aliphatic rings. The Bertz CT molecular complexity index is 3490. The molecule has 0 spiro atoms. The lowest BCUT2D eigenvalue weighted by Gasteiger charge is -2.21. The van der Waals surface area contributed by atoms with Crippen molar-refractivity contribution >= 4 is 54.3 Å². The molecule has 0 saturated carbocycles. The van der Waals surface area contributed by atoms with Gasteiger partial charge in [-0.15, -0.1) is 0 Å². The zero-order valence-electron chi connectivity index (χ0n) is 32.0. The van der Waals surface area contributed by atoms with Crippen LogP contribution < -0.4 is 0 Å². The predicted octanol–water partition coefficient (Wildman–Crippen LogP) is 14.2. The highest BCUT2D eigenvalue weighted by atomic mass is 16.3. The van der Waals surface area contributed by atoms with Gasteiger partial charge in [0.2, 0.25) is 0 Å². The third-order valence-corrected chi connectivity index (χ3v) is 12.3. The van der Waals surface area contributed by atoms with Crippen LogP contribution in [0.1, 0.15) is 25.0 Å². The van der Waals surface area contributed by atoms with E-state index in [0.717, 1.165) is 49.8 Å². The van der Waals surface area contributed by atoms with Gasteiger partial charge in [-0.3, -0.25) is 0 Å². The number of fused-ring (bicyclic) bond motifs is 11. The minimum atomic E-state index is -0.146. The summed E-state index contributed by atoms with van der Waals surface area (Å²) in [7, 11) is 0. The number of hydrogen-bond donors (Lipinski definition) is 0. The summed E-state index contributed by atoms with van der Waals surface area (Å²) in [5, 5.41) is 9.55. The van der Waals surface area contributed by atoms with Gasteiger partial charge in [0.05, 0.1) is 0 Å². The first-order valence-corrected chi connectivity index (χ1v) is 19.8. The van der Waals surface area contributed by atoms with Gasteiger partial charge in [0.15, 0.2) is 17.5 Å². The number of hydrogen-bond acceptors (Lipinski definition) is 4. The summed E-state index contributed by atoms with van der Waals surface area (Å²) in [6, 6.07) is 62.6. The van der Waals surface area contributed by atoms with Crippen LogP contribution in [0.2, 0.25) is 0 Å². The quantitative estimate of drug-likeness (QED) is 0.169. The van der Waals surface area contributed by atoms with Crippen LogP contribution in [0, 0.1) is 0 Å². The molecule has 0 saturated heterocycles. The van der Waals surface area contributed by atoms with Gasteiger partial charge >= 0.3 is 0 Å². The summed E-state index contributed by atoms with van der Waals surface area (Å²) >= 11 is 0. The molecule has 272 valence electrons. The molecule has 4 heteroatoms. The summed E-state index contributed by atoms with van der Waals surface area (Å²) in [4.78, 5) is 15.5. The molecule has 0 atom stereocenters. The highest BCUT2D eigenvalue weighted by molar-refractivity contribution is 6.18. The lowest BCUT2D eigenvalue weighted by atomic mass is 9.82. The minimum Gasteiger partial charge on any atom is -0.456 e. The average Bonchev–Trinajstić information content (AvgIpc) is 3.77. The number of benzene rings is 9. The maximum absolute atomic E-state index is 6.52. The van der Waals surface area contributed by atoms with Crippen molar-refractivity contribution in [3.63, 3.8) is 0 Å². The normalized spacial score (nSPS) is 13.1. The second kappa shape index (κ2) is 12.3. The second-order valence-corrected chi connectivity index (χ2v) is 16.0. The van der Waals surface area contributed by atoms with Crippen LogP contribution in [0.25, 0.3) is 111 Å². The van der Waals surface area contributed by atoms with Gasteiger partial charge in [0, 0.05) is 32.9 Å². The molecule has 0 amide bonds. The summed E-state index contributed by atoms with van der Waals surface area (Å²) in [6.45, 7) is 4.60. The van der Waals surface area contributed by atoms with Crippen molar-refractivity contribution in [1.82, 2.24) is 15.0 Å². The van der Waals surface area contributed by atoms with Gasteiger partial charge < -0.3 is 4.42 Å². The molecule has 0 fully saturated rings. The van der Waals surface area contributed by atoms with Crippen LogP contribution >= 0.6 is 0 Å². The monoisotopic (exact) mass is 741 g/mol. The van der Waals surface area contributed by atoms with Crippen molar-refractivity contribution in [3.8, 4) is 56.4 Å². The molecule has 0 aliphatic heterocycles. The first-order chi connectivity index (χ1) is 28.5. The fourth-order valence-corrected chi connectivity index (χ4v) is 9.39. The number of furan rings is 1. The van der Waals surface area contributed by atoms with Gasteiger partial charge in [-0.25, -0.2) is 15.0 Å². The second-order valence-electron chi connectivity index (χ2n) is 16.0. The molecule has 9 aromatic carbocycles. The van der Waals surface area contributed by atoms with E-state index in [1.807, 2.05) is 30.3 Å². The Hall–Kier alpha value is -7.43. The molecule has 1 aliphatic carbocycles. The van der Waals surface area contributed by atoms with E-state index >= 15 is 0 Å². The van der Waals surface area contributed by atoms with Gasteiger partial charge in [-0.2, -0.15) is 0 Å². The van der Waals surface area contributed by atoms with Gasteiger partial charge in [-0.1, -0.05) is 159 Å². The largest absolute Gasteiger partial charge is 0.456 e. The van der Waals surface area contributed by atoms with Crippen LogP contribution in [0.4, 0.5) is 0 Å². The van der Waals surface area contributed by atoms with Crippen molar-refractivity contribution < 1.29 is 4.42 Å². The van der Waals surface area contributed by atoms with Crippen LogP contribution in [-0.4, -0.2) is 15.0 Å². The van der Waals surface area contributed by atoms with Crippen molar-refractivity contribution in [3.05, 3.63) is 187 Å². The number of aromatic nitrogens is 3. The average molecular weight is 742 g/mol. The van der Waals surface area contributed by atoms with Crippen LogP contribution in [0.15, 0.2) is 180 Å². The lowest BCUT2D eigenvalue weighted by molar-refractivity contribution is 0.660. The van der Waals surface area contributed by atoms with Gasteiger partial charge in [0.25, 0.3) is 0 Å². The lowest BCUT2D eigenvalue weighted by Crippen LogP contribution is -2.15. The van der Waals surface area contributed by atoms with E-state index in [1.54, 1.807) is 0 Å². The van der Waals surface area contributed by atoms with E-state index in [0.29, 0.717) is 17.5 Å². The smallest absolute Gasteiger partial charge is 0.164 e. The van der Waals surface area contributed by atoms with E-state index < -0.39 is 0 Å². The molecule has 2 heterocycles. The molecule has 11 aromatic rings. The first kappa shape index (κ1) is 32.8. The van der Waals surface area contributed by atoms with E-state index in [-0.39, 0.29) is 5.41 Å². The predicted molar refractivity (Wildman–Crippen MR) is 239 cm³/mol. The van der Waals surface area contributed by atoms with Gasteiger partial charge in [-0.05, 0) is 96.0 Å². The Morgan fingerprint density at radius 2 is 1.00 bits per heavy atom. The Morgan fingerprint density at radius 1 is 0.362 bits per heavy atom. The van der Waals surface area contributed by atoms with Gasteiger partial charge in [0.1, 0.15) is 11.2 Å². The zero-order chi connectivity index (χ0) is 38.5. The molecular weight excluding hydrogens is 707 g/mol. The molecule has 0 bridgehead atoms. The van der Waals surface area contributed by atoms with E-state index in [4.69, 9.17) is 19.4 Å². The molecule has 12 rings (SSSR count). The Labute approximate surface area is 335 Å². The van der Waals surface area contributed by atoms with E-state index in [9.17, 15) is 0 Å². The summed E-state index contributed by atoms with van der Waals surface area (Å²) in [5.41, 5.74) is 11.7. The van der Waals surface area contributed by atoms with E-state index in [2.05, 4.69) is 159 Å². The summed E-state index contributed by atoms with van der Waals surface area (Å²) in [6.07, 6.45) is 0. The van der Waals surface area contributed by atoms with Crippen LogP contribution in [0.5, 0.6) is 0 Å². The fraction of sp³-hybridized carbons (Fsp3) is 0.0556. The minimum absolute atomic E-state index is 0.146. The maximum Gasteiger partial charge on any atom is 0.164 e. The number of nitrogens with zero attached hydrogens (tertiary/aromatic N) is 3. The van der Waals surface area contributed by atoms with Crippen molar-refractivity contribution in [2.45, 2.75) is 19.3 Å². The highest BCUT2D eigenvalue weighted by Gasteiger charge is 2.35. The van der Waals surface area contributed by atoms with Crippen molar-refractivity contribution in [2.24, 2.45) is 0 Å². The Balaban J connectivity index is 1.01. The molecule has 58 heavy (non-hydrogen) atoms. The highest BCUT2D eigenvalue weighted by Crippen LogP contribution is 2.49. The fourth-order valence-electron chi connectivity index (χ4n) is 9.39. The Kier molecular flexibility index (Phi) is 6.94. The maximum atomic E-state index is 6.52. The van der Waals surface area contributed by atoms with Crippen LogP contribution in [-0.2, 0) is 5.41 Å². The summed E-state index contributed by atoms with van der Waals surface area (Å²) < 4.78 is 6.52. The standard InChI is InChI=1S/C54H35N3O/c1-54(2)46-17-9-8-15-42(46)43-27-22-37(31-47(43)54)52-55-51(33-12-4-3-5-13-33)56-53(57-52)44-16-10-18-49-50(44)45-30-35(23-28-48(45)58-49)34-20-24-39-36(29-34)21-26-40-38-14-7-6-11-32(38)19-25-41(39)40/h3-31H,1-2H3. The van der Waals surface area contributed by atoms with Crippen molar-refractivity contribution in [2.75, 3.05) is 0 Å². The van der Waals surface area contributed by atoms with Crippen LogP contribution in [0.3, 0.4) is 0 Å². The third kappa shape index (κ3) is 4.91.